The number of carbonyl (C=O) groups excluding carboxylic acids is 1. The van der Waals surface area contributed by atoms with Gasteiger partial charge in [-0.05, 0) is 24.1 Å². The summed E-state index contributed by atoms with van der Waals surface area (Å²) in [5.41, 5.74) is 0.0230. The second-order valence-electron chi connectivity index (χ2n) is 4.72. The summed E-state index contributed by atoms with van der Waals surface area (Å²) in [6, 6.07) is 7.53. The first-order valence-electron chi connectivity index (χ1n) is 5.61. The zero-order valence-corrected chi connectivity index (χ0v) is 10.3. The maximum absolute atomic E-state index is 12.8. The van der Waals surface area contributed by atoms with Crippen molar-refractivity contribution in [1.82, 2.24) is 0 Å². The minimum atomic E-state index is -0.814. The average molecular weight is 233 g/mol. The van der Waals surface area contributed by atoms with E-state index in [1.54, 1.807) is 0 Å². The first-order chi connectivity index (χ1) is 7.92. The molecule has 1 unspecified atom stereocenters. The van der Waals surface area contributed by atoms with Crippen LogP contribution < -0.4 is 0 Å². The largest absolute Gasteiger partial charge is 0.297 e. The summed E-state index contributed by atoms with van der Waals surface area (Å²) in [5, 5.41) is 9.11. The molecular weight excluding hydrogens is 217 g/mol. The molecule has 0 saturated heterocycles. The zero-order valence-electron chi connectivity index (χ0n) is 10.3. The minimum Gasteiger partial charge on any atom is -0.297 e. The summed E-state index contributed by atoms with van der Waals surface area (Å²) in [6.07, 6.45) is 0.672. The number of rotatable bonds is 4. The van der Waals surface area contributed by atoms with Crippen LogP contribution in [0.5, 0.6) is 0 Å². The lowest BCUT2D eigenvalue weighted by molar-refractivity contribution is -0.127. The van der Waals surface area contributed by atoms with Crippen molar-refractivity contribution in [2.45, 2.75) is 33.1 Å². The van der Waals surface area contributed by atoms with Gasteiger partial charge in [-0.1, -0.05) is 32.9 Å². The maximum Gasteiger partial charge on any atom is 0.160 e. The van der Waals surface area contributed by atoms with E-state index in [0.717, 1.165) is 0 Å². The van der Waals surface area contributed by atoms with Crippen LogP contribution in [0.1, 0.15) is 38.7 Å². The third kappa shape index (κ3) is 2.91. The molecule has 2 nitrogen and oxygen atoms in total. The van der Waals surface area contributed by atoms with Crippen LogP contribution in [0.3, 0.4) is 0 Å². The second kappa shape index (κ2) is 5.09. The van der Waals surface area contributed by atoms with Crippen molar-refractivity contribution < 1.29 is 9.18 Å². The summed E-state index contributed by atoms with van der Waals surface area (Å²) in [7, 11) is 0. The highest BCUT2D eigenvalue weighted by Crippen LogP contribution is 2.30. The van der Waals surface area contributed by atoms with Crippen LogP contribution in [0, 0.1) is 22.6 Å². The number of benzene rings is 1. The number of ketones is 1. The molecule has 0 aliphatic carbocycles. The third-order valence-corrected chi connectivity index (χ3v) is 3.15. The third-order valence-electron chi connectivity index (χ3n) is 3.15. The fourth-order valence-electron chi connectivity index (χ4n) is 1.50. The molecule has 1 atom stereocenters. The maximum atomic E-state index is 12.8. The second-order valence-corrected chi connectivity index (χ2v) is 4.72. The van der Waals surface area contributed by atoms with Gasteiger partial charge in [-0.3, -0.25) is 4.79 Å². The van der Waals surface area contributed by atoms with Crippen LogP contribution in [0.2, 0.25) is 0 Å². The van der Waals surface area contributed by atoms with Crippen molar-refractivity contribution >= 4 is 5.78 Å². The highest BCUT2D eigenvalue weighted by molar-refractivity contribution is 5.92. The van der Waals surface area contributed by atoms with Crippen LogP contribution in [0.15, 0.2) is 24.3 Å². The molecule has 1 aromatic rings. The predicted molar refractivity (Wildman–Crippen MR) is 63.8 cm³/mol. The van der Waals surface area contributed by atoms with Crippen molar-refractivity contribution in [3.63, 3.8) is 0 Å². The first-order valence-corrected chi connectivity index (χ1v) is 5.61. The van der Waals surface area contributed by atoms with E-state index in [1.807, 2.05) is 26.8 Å². The Morgan fingerprint density at radius 2 is 1.94 bits per heavy atom. The van der Waals surface area contributed by atoms with Crippen molar-refractivity contribution in [2.24, 2.45) is 5.41 Å². The molecule has 3 heteroatoms. The summed E-state index contributed by atoms with van der Waals surface area (Å²) < 4.78 is 12.8. The number of halogens is 1. The van der Waals surface area contributed by atoms with Gasteiger partial charge in [-0.25, -0.2) is 4.39 Å². The number of hydrogen-bond donors (Lipinski definition) is 0. The standard InChI is InChI=1S/C14H16FNO/c1-4-14(2,3)13(17)12(9-16)10-5-7-11(15)8-6-10/h5-8,12H,4H2,1-3H3. The summed E-state index contributed by atoms with van der Waals surface area (Å²) in [6.45, 7) is 5.56. The quantitative estimate of drug-likeness (QED) is 0.799. The number of nitriles is 1. The van der Waals surface area contributed by atoms with Crippen LogP contribution in [-0.4, -0.2) is 5.78 Å². The Balaban J connectivity index is 3.05. The average Bonchev–Trinajstić information content (AvgIpc) is 2.32. The van der Waals surface area contributed by atoms with E-state index in [1.165, 1.54) is 24.3 Å². The molecule has 90 valence electrons. The lowest BCUT2D eigenvalue weighted by Crippen LogP contribution is -2.28. The fraction of sp³-hybridized carbons (Fsp3) is 0.429. The smallest absolute Gasteiger partial charge is 0.160 e. The molecule has 1 rings (SSSR count). The van der Waals surface area contributed by atoms with E-state index < -0.39 is 11.3 Å². The van der Waals surface area contributed by atoms with Crippen molar-refractivity contribution in [1.29, 1.82) is 5.26 Å². The highest BCUT2D eigenvalue weighted by atomic mass is 19.1. The van der Waals surface area contributed by atoms with Crippen LogP contribution in [0.4, 0.5) is 4.39 Å². The summed E-state index contributed by atoms with van der Waals surface area (Å²) >= 11 is 0. The Labute approximate surface area is 101 Å². The molecule has 0 bridgehead atoms. The predicted octanol–water partition coefficient (Wildman–Crippen LogP) is 3.44. The zero-order chi connectivity index (χ0) is 13.1. The van der Waals surface area contributed by atoms with Gasteiger partial charge in [0.25, 0.3) is 0 Å². The van der Waals surface area contributed by atoms with Crippen LogP contribution in [0.25, 0.3) is 0 Å². The molecule has 0 heterocycles. The van der Waals surface area contributed by atoms with Crippen molar-refractivity contribution in [3.8, 4) is 6.07 Å². The van der Waals surface area contributed by atoms with E-state index in [2.05, 4.69) is 0 Å². The molecule has 0 amide bonds. The molecule has 0 aromatic heterocycles. The number of nitrogens with zero attached hydrogens (tertiary/aromatic N) is 1. The SMILES string of the molecule is CCC(C)(C)C(=O)C(C#N)c1ccc(F)cc1. The van der Waals surface area contributed by atoms with Gasteiger partial charge in [0.15, 0.2) is 5.78 Å². The molecule has 17 heavy (non-hydrogen) atoms. The Morgan fingerprint density at radius 3 is 2.35 bits per heavy atom. The normalized spacial score (nSPS) is 12.9. The topological polar surface area (TPSA) is 40.9 Å². The molecule has 0 aliphatic rings. The molecule has 0 aliphatic heterocycles. The van der Waals surface area contributed by atoms with Gasteiger partial charge < -0.3 is 0 Å². The van der Waals surface area contributed by atoms with Crippen molar-refractivity contribution in [2.75, 3.05) is 0 Å². The van der Waals surface area contributed by atoms with E-state index in [9.17, 15) is 9.18 Å². The molecular formula is C14H16FNO. The van der Waals surface area contributed by atoms with Gasteiger partial charge in [0.05, 0.1) is 6.07 Å². The first kappa shape index (κ1) is 13.4. The Morgan fingerprint density at radius 1 is 1.41 bits per heavy atom. The number of Topliss-reactive ketones (excluding diaryl/α,β-unsaturated/α-hetero) is 1. The van der Waals surface area contributed by atoms with E-state index in [-0.39, 0.29) is 11.6 Å². The molecule has 0 fully saturated rings. The van der Waals surface area contributed by atoms with Gasteiger partial charge in [-0.2, -0.15) is 5.26 Å². The van der Waals surface area contributed by atoms with Crippen LogP contribution in [-0.2, 0) is 4.79 Å². The van der Waals surface area contributed by atoms with E-state index in [4.69, 9.17) is 5.26 Å². The fourth-order valence-corrected chi connectivity index (χ4v) is 1.50. The molecule has 0 N–H and O–H groups in total. The Kier molecular flexibility index (Phi) is 4.01. The lowest BCUT2D eigenvalue weighted by atomic mass is 9.77. The van der Waals surface area contributed by atoms with Gasteiger partial charge in [-0.15, -0.1) is 0 Å². The minimum absolute atomic E-state index is 0.117. The van der Waals surface area contributed by atoms with Gasteiger partial charge >= 0.3 is 0 Å². The van der Waals surface area contributed by atoms with E-state index >= 15 is 0 Å². The molecule has 0 spiro atoms. The number of hydrogen-bond acceptors (Lipinski definition) is 2. The lowest BCUT2D eigenvalue weighted by Gasteiger charge is -2.23. The van der Waals surface area contributed by atoms with Gasteiger partial charge in [0, 0.05) is 5.41 Å². The molecule has 0 radical (unpaired) electrons. The van der Waals surface area contributed by atoms with E-state index in [0.29, 0.717) is 12.0 Å². The Bertz CT molecular complexity index is 442. The monoisotopic (exact) mass is 233 g/mol. The number of carbonyl (C=O) groups is 1. The van der Waals surface area contributed by atoms with Gasteiger partial charge in [0.1, 0.15) is 11.7 Å². The molecule has 0 saturated carbocycles. The Hall–Kier alpha value is -1.69. The van der Waals surface area contributed by atoms with Gasteiger partial charge in [0.2, 0.25) is 0 Å². The van der Waals surface area contributed by atoms with Crippen LogP contribution >= 0.6 is 0 Å². The highest BCUT2D eigenvalue weighted by Gasteiger charge is 2.33. The van der Waals surface area contributed by atoms with Crippen molar-refractivity contribution in [3.05, 3.63) is 35.6 Å². The summed E-state index contributed by atoms with van der Waals surface area (Å²) in [5.74, 6) is -1.30. The molecule has 1 aromatic carbocycles. The summed E-state index contributed by atoms with van der Waals surface area (Å²) in [4.78, 5) is 12.2.